The van der Waals surface area contributed by atoms with Gasteiger partial charge in [0, 0.05) is 47.3 Å². The number of aliphatic carboxylic acids is 1. The third-order valence-electron chi connectivity index (χ3n) is 10.9. The highest BCUT2D eigenvalue weighted by atomic mass is 32.2. The molecule has 2 fully saturated rings. The van der Waals surface area contributed by atoms with Crippen LogP contribution >= 0.6 is 11.8 Å². The molecule has 1 amide bonds. The number of rotatable bonds is 12. The van der Waals surface area contributed by atoms with Crippen LogP contribution in [0.5, 0.6) is 5.75 Å². The first kappa shape index (κ1) is 32.2. The van der Waals surface area contributed by atoms with E-state index >= 15 is 0 Å². The molecule has 5 unspecified atom stereocenters. The van der Waals surface area contributed by atoms with Crippen molar-refractivity contribution in [1.82, 2.24) is 10.6 Å². The number of Topliss-reactive ketones (excluding diaryl/α,β-unsaturated/α-hetero) is 1. The summed E-state index contributed by atoms with van der Waals surface area (Å²) in [6, 6.07) is 34.3. The van der Waals surface area contributed by atoms with Gasteiger partial charge in [0.25, 0.3) is 0 Å². The molecule has 1 heterocycles. The number of fused-ring (bicyclic) bond motifs is 1. The highest BCUT2D eigenvalue weighted by Crippen LogP contribution is 2.69. The summed E-state index contributed by atoms with van der Waals surface area (Å²) in [6.45, 7) is 0.281. The van der Waals surface area contributed by atoms with Gasteiger partial charge in [-0.25, -0.2) is 4.79 Å². The highest BCUT2D eigenvalue weighted by Gasteiger charge is 2.72. The number of carbonyl (C=O) groups is 3. The Kier molecular flexibility index (Phi) is 8.88. The Bertz CT molecular complexity index is 1820. The van der Waals surface area contributed by atoms with Crippen molar-refractivity contribution >= 4 is 29.4 Å². The summed E-state index contributed by atoms with van der Waals surface area (Å²) >= 11 is 1.49. The van der Waals surface area contributed by atoms with E-state index in [1.807, 2.05) is 84.9 Å². The fourth-order valence-electron chi connectivity index (χ4n) is 8.97. The maximum Gasteiger partial charge on any atom is 0.327 e. The summed E-state index contributed by atoms with van der Waals surface area (Å²) in [5, 5.41) is 16.9. The lowest BCUT2D eigenvalue weighted by Crippen LogP contribution is -2.65. The summed E-state index contributed by atoms with van der Waals surface area (Å²) < 4.78 is 5.59. The van der Waals surface area contributed by atoms with Crippen LogP contribution in [0, 0.1) is 11.3 Å². The Hall–Kier alpha value is -4.40. The van der Waals surface area contributed by atoms with Gasteiger partial charge in [-0.15, -0.1) is 0 Å². The zero-order valence-electron chi connectivity index (χ0n) is 26.9. The van der Waals surface area contributed by atoms with Crippen LogP contribution in [0.25, 0.3) is 0 Å². The van der Waals surface area contributed by atoms with Crippen molar-refractivity contribution < 1.29 is 24.2 Å². The lowest BCUT2D eigenvalue weighted by molar-refractivity contribution is -0.147. The number of ketones is 1. The third-order valence-corrected chi connectivity index (χ3v) is 12.0. The molecule has 246 valence electrons. The van der Waals surface area contributed by atoms with Crippen LogP contribution in [-0.2, 0) is 32.0 Å². The van der Waals surface area contributed by atoms with Crippen molar-refractivity contribution in [2.75, 3.05) is 19.4 Å². The third kappa shape index (κ3) is 5.31. The van der Waals surface area contributed by atoms with E-state index in [0.717, 1.165) is 40.7 Å². The molecule has 0 aromatic heterocycles. The standard InChI is InChI=1S/C40H40N2O5S/c1-47-34-19-11-8-14-27(34)22-33(43)35-36-39(28-15-6-3-7-16-28)21-20-31(29-17-9-10-18-30(29)39)40(36,25-41-35)38(46)42-32(37(44)45)24-48-23-26-12-4-2-5-13-26/h2-19,31-32,35-36,41H,20-25H2,1H3,(H,42,46)(H,44,45)/t31?,32-,35?,36?,39?,40?/m0/s1. The predicted octanol–water partition coefficient (Wildman–Crippen LogP) is 5.76. The quantitative estimate of drug-likeness (QED) is 0.178. The number of benzene rings is 4. The summed E-state index contributed by atoms with van der Waals surface area (Å²) in [6.07, 6.45) is 1.69. The van der Waals surface area contributed by atoms with Crippen LogP contribution in [0.15, 0.2) is 109 Å². The van der Waals surface area contributed by atoms with Crippen molar-refractivity contribution in [2.45, 2.75) is 48.4 Å². The van der Waals surface area contributed by atoms with Gasteiger partial charge in [0.2, 0.25) is 5.91 Å². The Labute approximate surface area is 285 Å². The Morgan fingerprint density at radius 2 is 1.62 bits per heavy atom. The van der Waals surface area contributed by atoms with Gasteiger partial charge >= 0.3 is 5.97 Å². The largest absolute Gasteiger partial charge is 0.496 e. The van der Waals surface area contributed by atoms with Crippen LogP contribution in [0.1, 0.15) is 46.6 Å². The number of methoxy groups -OCH3 is 1. The van der Waals surface area contributed by atoms with Gasteiger partial charge < -0.3 is 20.5 Å². The molecule has 1 saturated carbocycles. The van der Waals surface area contributed by atoms with Crippen molar-refractivity contribution in [3.63, 3.8) is 0 Å². The van der Waals surface area contributed by atoms with Gasteiger partial charge in [0.1, 0.15) is 11.8 Å². The molecule has 3 aliphatic carbocycles. The maximum absolute atomic E-state index is 15.0. The highest BCUT2D eigenvalue weighted by molar-refractivity contribution is 7.98. The molecule has 1 saturated heterocycles. The molecule has 0 spiro atoms. The van der Waals surface area contributed by atoms with E-state index in [1.165, 1.54) is 11.8 Å². The second-order valence-electron chi connectivity index (χ2n) is 13.2. The molecular formula is C40H40N2O5S. The molecule has 4 aliphatic rings. The first-order valence-corrected chi connectivity index (χ1v) is 17.7. The molecule has 4 aromatic carbocycles. The van der Waals surface area contributed by atoms with E-state index < -0.39 is 34.8 Å². The van der Waals surface area contributed by atoms with Gasteiger partial charge in [0.05, 0.1) is 18.6 Å². The van der Waals surface area contributed by atoms with Crippen molar-refractivity contribution in [1.29, 1.82) is 0 Å². The van der Waals surface area contributed by atoms with Crippen LogP contribution in [-0.4, -0.2) is 54.3 Å². The number of carbonyl (C=O) groups excluding carboxylic acids is 2. The molecule has 8 rings (SSSR count). The molecule has 3 N–H and O–H groups in total. The monoisotopic (exact) mass is 660 g/mol. The minimum atomic E-state index is -1.08. The van der Waals surface area contributed by atoms with Crippen LogP contribution < -0.4 is 15.4 Å². The van der Waals surface area contributed by atoms with E-state index in [-0.39, 0.29) is 36.3 Å². The van der Waals surface area contributed by atoms with Gasteiger partial charge in [-0.3, -0.25) is 9.59 Å². The number of hydrogen-bond acceptors (Lipinski definition) is 6. The average Bonchev–Trinajstić information content (AvgIpc) is 3.56. The SMILES string of the molecule is COc1ccccc1CC(=O)C1NCC2(C(=O)N[C@@H](CSCc3ccccc3)C(=O)O)C3CCC(c4ccccc4)(c4ccccc43)C12. The smallest absolute Gasteiger partial charge is 0.327 e. The number of carboxylic acids is 1. The zero-order valence-corrected chi connectivity index (χ0v) is 27.7. The summed E-state index contributed by atoms with van der Waals surface area (Å²) in [4.78, 5) is 42.1. The maximum atomic E-state index is 15.0. The van der Waals surface area contributed by atoms with Gasteiger partial charge in [-0.2, -0.15) is 11.8 Å². The first-order valence-electron chi connectivity index (χ1n) is 16.6. The van der Waals surface area contributed by atoms with E-state index in [2.05, 4.69) is 34.9 Å². The zero-order chi connectivity index (χ0) is 33.3. The summed E-state index contributed by atoms with van der Waals surface area (Å²) in [5.41, 5.74) is 3.57. The second kappa shape index (κ2) is 13.2. The molecule has 7 nitrogen and oxygen atoms in total. The molecule has 0 radical (unpaired) electrons. The van der Waals surface area contributed by atoms with Gasteiger partial charge in [0.15, 0.2) is 5.78 Å². The van der Waals surface area contributed by atoms with E-state index in [1.54, 1.807) is 7.11 Å². The first-order chi connectivity index (χ1) is 23.4. The minimum Gasteiger partial charge on any atom is -0.496 e. The van der Waals surface area contributed by atoms with Crippen LogP contribution in [0.3, 0.4) is 0 Å². The normalized spacial score (nSPS) is 25.8. The molecule has 4 aromatic rings. The number of amides is 1. The molecule has 6 atom stereocenters. The van der Waals surface area contributed by atoms with E-state index in [9.17, 15) is 19.5 Å². The molecule has 48 heavy (non-hydrogen) atoms. The number of ether oxygens (including phenoxy) is 1. The summed E-state index contributed by atoms with van der Waals surface area (Å²) in [5.74, 6) is -0.452. The van der Waals surface area contributed by atoms with E-state index in [0.29, 0.717) is 11.5 Å². The Balaban J connectivity index is 1.29. The van der Waals surface area contributed by atoms with E-state index in [4.69, 9.17) is 4.74 Å². The number of nitrogens with one attached hydrogen (secondary N) is 2. The lowest BCUT2D eigenvalue weighted by atomic mass is 9.40. The number of carboxylic acid groups (broad SMARTS) is 1. The average molecular weight is 661 g/mol. The Morgan fingerprint density at radius 1 is 0.938 bits per heavy atom. The van der Waals surface area contributed by atoms with Gasteiger partial charge in [-0.1, -0.05) is 103 Å². The molecule has 1 aliphatic heterocycles. The van der Waals surface area contributed by atoms with Gasteiger partial charge in [-0.05, 0) is 41.2 Å². The van der Waals surface area contributed by atoms with Crippen molar-refractivity contribution in [2.24, 2.45) is 11.3 Å². The van der Waals surface area contributed by atoms with Crippen LogP contribution in [0.2, 0.25) is 0 Å². The second-order valence-corrected chi connectivity index (χ2v) is 14.2. The molecular weight excluding hydrogens is 621 g/mol. The number of hydrogen-bond donors (Lipinski definition) is 3. The fourth-order valence-corrected chi connectivity index (χ4v) is 9.98. The fraction of sp³-hybridized carbons (Fsp3) is 0.325. The van der Waals surface area contributed by atoms with Crippen molar-refractivity contribution in [3.05, 3.63) is 137 Å². The van der Waals surface area contributed by atoms with Crippen LogP contribution in [0.4, 0.5) is 0 Å². The minimum absolute atomic E-state index is 0.00675. The molecule has 2 bridgehead atoms. The summed E-state index contributed by atoms with van der Waals surface area (Å²) in [7, 11) is 1.60. The lowest BCUT2D eigenvalue weighted by Gasteiger charge is -2.61. The Morgan fingerprint density at radius 3 is 2.38 bits per heavy atom. The predicted molar refractivity (Wildman–Crippen MR) is 187 cm³/mol. The van der Waals surface area contributed by atoms with Crippen molar-refractivity contribution in [3.8, 4) is 5.75 Å². The number of thioether (sulfide) groups is 1. The topological polar surface area (TPSA) is 105 Å². The number of para-hydroxylation sites is 1. The molecule has 8 heteroatoms.